The van der Waals surface area contributed by atoms with E-state index in [0.717, 1.165) is 13.6 Å². The van der Waals surface area contributed by atoms with Gasteiger partial charge < -0.3 is 0 Å². The van der Waals surface area contributed by atoms with Crippen molar-refractivity contribution in [3.63, 3.8) is 0 Å². The molecule has 3 rings (SSSR count). The number of hydroxylamine groups is 1. The minimum absolute atomic E-state index is 0.0451. The van der Waals surface area contributed by atoms with E-state index < -0.39 is 46.3 Å². The Hall–Kier alpha value is -2.00. The summed E-state index contributed by atoms with van der Waals surface area (Å²) in [4.78, 5) is 26.0. The first-order chi connectivity index (χ1) is 22.9. The first-order valence-corrected chi connectivity index (χ1v) is 27.1. The van der Waals surface area contributed by atoms with Gasteiger partial charge >= 0.3 is 187 Å². The molecule has 11 heteroatoms. The van der Waals surface area contributed by atoms with Crippen LogP contribution in [0.2, 0.25) is 13.3 Å². The summed E-state index contributed by atoms with van der Waals surface area (Å²) in [5, 5.41) is 12.5. The molecule has 0 aromatic heterocycles. The topological polar surface area (TPSA) is 116 Å². The van der Waals surface area contributed by atoms with E-state index in [9.17, 15) is 23.2 Å². The van der Waals surface area contributed by atoms with Crippen LogP contribution >= 0.6 is 22.6 Å². The number of carbonyl (C=O) groups is 2. The van der Waals surface area contributed by atoms with Gasteiger partial charge in [0.2, 0.25) is 10.0 Å². The van der Waals surface area contributed by atoms with Crippen molar-refractivity contribution in [1.29, 1.82) is 0 Å². The summed E-state index contributed by atoms with van der Waals surface area (Å²) >= 11 is -0.469. The Balaban J connectivity index is 1.83. The molecule has 2 amide bonds. The first kappa shape index (κ1) is 40.4. The van der Waals surface area contributed by atoms with Gasteiger partial charge in [-0.2, -0.15) is 0 Å². The zero-order valence-electron chi connectivity index (χ0n) is 29.0. The molecule has 3 aromatic rings. The zero-order valence-corrected chi connectivity index (χ0v) is 34.8. The maximum atomic E-state index is 13.8. The number of sulfonamides is 1. The molecule has 3 aromatic carbocycles. The molecular weight excluding hydrogens is 844 g/mol. The number of halogens is 1. The van der Waals surface area contributed by atoms with Crippen LogP contribution in [0.5, 0.6) is 0 Å². The van der Waals surface area contributed by atoms with Crippen LogP contribution in [-0.2, 0) is 21.4 Å². The molecule has 0 unspecified atom stereocenters. The molecule has 0 saturated carbocycles. The van der Waals surface area contributed by atoms with Gasteiger partial charge in [0.25, 0.3) is 5.91 Å². The molecule has 0 heterocycles. The van der Waals surface area contributed by atoms with E-state index in [1.165, 1.54) is 64.0 Å². The fraction of sp³-hybridized carbons (Fsp3) is 0.459. The van der Waals surface area contributed by atoms with Gasteiger partial charge in [-0.05, 0) is 52.8 Å². The van der Waals surface area contributed by atoms with Gasteiger partial charge in [0.05, 0.1) is 4.90 Å². The number of rotatable bonds is 19. The van der Waals surface area contributed by atoms with Crippen LogP contribution in [0.1, 0.15) is 89.1 Å². The Morgan fingerprint density at radius 1 is 0.812 bits per heavy atom. The van der Waals surface area contributed by atoms with E-state index in [1.807, 2.05) is 12.1 Å². The molecule has 1 atom stereocenters. The summed E-state index contributed by atoms with van der Waals surface area (Å²) in [6.45, 7) is 10.2. The number of nitrogens with zero attached hydrogens (tertiary/aromatic N) is 1. The van der Waals surface area contributed by atoms with Gasteiger partial charge in [-0.3, -0.25) is 10.0 Å². The van der Waals surface area contributed by atoms with Crippen LogP contribution in [0.3, 0.4) is 0 Å². The molecule has 0 aliphatic carbocycles. The molecule has 0 aliphatic rings. The number of amides is 2. The van der Waals surface area contributed by atoms with Crippen molar-refractivity contribution in [2.45, 2.75) is 104 Å². The quantitative estimate of drug-likeness (QED) is 0.0485. The number of hydrogen-bond acceptors (Lipinski definition) is 5. The fourth-order valence-electron chi connectivity index (χ4n) is 6.31. The van der Waals surface area contributed by atoms with Crippen LogP contribution in [0, 0.1) is 9.49 Å². The molecule has 0 fully saturated rings. The number of benzene rings is 3. The van der Waals surface area contributed by atoms with Crippen molar-refractivity contribution < 1.29 is 23.2 Å². The Morgan fingerprint density at radius 2 is 1.33 bits per heavy atom. The van der Waals surface area contributed by atoms with Crippen LogP contribution in [0.15, 0.2) is 77.7 Å². The van der Waals surface area contributed by atoms with Crippen LogP contribution < -0.4 is 14.4 Å². The number of carbonyl (C=O) groups excluding carboxylic acids is 2. The average molecular weight is 897 g/mol. The summed E-state index contributed by atoms with van der Waals surface area (Å²) in [6, 6.07) is 20.6. The Labute approximate surface area is 305 Å². The second-order valence-corrected chi connectivity index (χ2v) is 29.4. The standard InChI is InChI=1S/C25H25IN3O5S.3C4H9.Sn/c1-17(2)23(25(31)28-32)29(35(33,34)22-14-12-20(26)13-15-22)16-18-8-10-19(11-9-18)24(30)27-21-6-4-3-5-7-21;3*1-3-4-2;/h4-15,17,23,32H,16H2,1-2H3,(H,27,30)(H,28,31);3*1,3-4H2,2H3;/t23-;;;;/m1..../s1. The second-order valence-electron chi connectivity index (χ2n) is 13.0. The molecule has 8 nitrogen and oxygen atoms in total. The second kappa shape index (κ2) is 19.4. The first-order valence-electron chi connectivity index (χ1n) is 17.1. The van der Waals surface area contributed by atoms with Crippen LogP contribution in [0.4, 0.5) is 5.69 Å². The van der Waals surface area contributed by atoms with Crippen molar-refractivity contribution >= 4 is 72.1 Å². The number of nitrogens with one attached hydrogen (secondary N) is 2. The number of anilines is 1. The minimum atomic E-state index is -4.13. The fourth-order valence-corrected chi connectivity index (χ4v) is 24.3. The van der Waals surface area contributed by atoms with Gasteiger partial charge in [0, 0.05) is 3.57 Å². The molecule has 0 radical (unpaired) electrons. The summed E-state index contributed by atoms with van der Waals surface area (Å²) in [7, 11) is -4.13. The molecule has 0 bridgehead atoms. The molecule has 0 spiro atoms. The Kier molecular flexibility index (Phi) is 16.3. The summed E-state index contributed by atoms with van der Waals surface area (Å²) in [5.41, 5.74) is 3.41. The monoisotopic (exact) mass is 897 g/mol. The van der Waals surface area contributed by atoms with Crippen molar-refractivity contribution in [2.75, 3.05) is 5.32 Å². The molecule has 0 aliphatic heterocycles. The Morgan fingerprint density at radius 3 is 1.79 bits per heavy atom. The molecule has 48 heavy (non-hydrogen) atoms. The predicted octanol–water partition coefficient (Wildman–Crippen LogP) is 8.32. The van der Waals surface area contributed by atoms with E-state index in [-0.39, 0.29) is 17.3 Å². The summed E-state index contributed by atoms with van der Waals surface area (Å²) < 4.78 is 35.4. The van der Waals surface area contributed by atoms with Crippen LogP contribution in [-0.4, -0.2) is 54.2 Å². The van der Waals surface area contributed by atoms with E-state index in [0.29, 0.717) is 11.1 Å². The van der Waals surface area contributed by atoms with Gasteiger partial charge in [-0.1, -0.05) is 13.8 Å². The zero-order chi connectivity index (χ0) is 35.3. The number of hydrogen-bond donors (Lipinski definition) is 3. The molecule has 3 N–H and O–H groups in total. The third kappa shape index (κ3) is 10.7. The van der Waals surface area contributed by atoms with Gasteiger partial charge in [0.15, 0.2) is 0 Å². The molecular formula is C37H52IN3O5SSn. The maximum absolute atomic E-state index is 13.8. The third-order valence-electron chi connectivity index (χ3n) is 9.08. The summed E-state index contributed by atoms with van der Waals surface area (Å²) in [5.74, 6) is -1.51. The van der Waals surface area contributed by atoms with Gasteiger partial charge in [-0.25, -0.2) is 13.9 Å². The molecule has 262 valence electrons. The van der Waals surface area contributed by atoms with Crippen molar-refractivity contribution in [3.8, 4) is 0 Å². The van der Waals surface area contributed by atoms with Gasteiger partial charge in [0.1, 0.15) is 6.04 Å². The predicted molar refractivity (Wildman–Crippen MR) is 206 cm³/mol. The normalized spacial score (nSPS) is 12.7. The van der Waals surface area contributed by atoms with E-state index in [2.05, 4.69) is 60.8 Å². The van der Waals surface area contributed by atoms with E-state index >= 15 is 0 Å². The van der Waals surface area contributed by atoms with Crippen molar-refractivity contribution in [1.82, 2.24) is 9.79 Å². The molecule has 0 saturated heterocycles. The number of unbranched alkanes of at least 4 members (excludes halogenated alkanes) is 3. The van der Waals surface area contributed by atoms with E-state index in [1.54, 1.807) is 59.3 Å². The van der Waals surface area contributed by atoms with Crippen molar-refractivity contribution in [2.24, 2.45) is 5.92 Å². The van der Waals surface area contributed by atoms with Crippen molar-refractivity contribution in [3.05, 3.63) is 87.5 Å². The van der Waals surface area contributed by atoms with Gasteiger partial charge in [-0.15, -0.1) is 0 Å². The summed E-state index contributed by atoms with van der Waals surface area (Å²) in [6.07, 6.45) is 7.54. The third-order valence-corrected chi connectivity index (χ3v) is 27.3. The average Bonchev–Trinajstić information content (AvgIpc) is 3.08. The Bertz CT molecular complexity index is 1540. The van der Waals surface area contributed by atoms with E-state index in [4.69, 9.17) is 0 Å². The SMILES string of the molecule is CCC[CH2][Sn]([CH2]CCC)([CH2]CCC)[c]1ccc(NC(=O)c2ccc(CN([C@@H](C(=O)NO)C(C)C)S(=O)(=O)c3ccc(I)cc3)cc2)cc1. The van der Waals surface area contributed by atoms with Crippen LogP contribution in [0.25, 0.3) is 0 Å².